The molecule has 0 atom stereocenters. The molecular formula is C16H13NO4. The lowest BCUT2D eigenvalue weighted by Crippen LogP contribution is -2.07. The maximum atomic E-state index is 10.9. The monoisotopic (exact) mass is 283 g/mol. The zero-order chi connectivity index (χ0) is 14.8. The number of ether oxygens (including phenoxy) is 2. The molecular weight excluding hydrogens is 270 g/mol. The third-order valence-electron chi connectivity index (χ3n) is 3.18. The van der Waals surface area contributed by atoms with Crippen LogP contribution in [0.4, 0.5) is 4.79 Å². The summed E-state index contributed by atoms with van der Waals surface area (Å²) in [4.78, 5) is 10.9. The van der Waals surface area contributed by atoms with Crippen LogP contribution in [0.25, 0.3) is 16.6 Å². The Hall–Kier alpha value is -2.95. The van der Waals surface area contributed by atoms with E-state index in [0.717, 1.165) is 16.6 Å². The van der Waals surface area contributed by atoms with Crippen LogP contribution in [-0.2, 0) is 0 Å². The highest BCUT2D eigenvalue weighted by molar-refractivity contribution is 5.86. The average Bonchev–Trinajstić information content (AvgIpc) is 2.83. The summed E-state index contributed by atoms with van der Waals surface area (Å²) in [5.74, 6) is 0.950. The molecule has 3 rings (SSSR count). The van der Waals surface area contributed by atoms with E-state index in [9.17, 15) is 4.79 Å². The first-order chi connectivity index (χ1) is 10.2. The third-order valence-corrected chi connectivity index (χ3v) is 3.18. The number of carbonyl (C=O) groups is 1. The number of methoxy groups -OCH3 is 1. The third kappa shape index (κ3) is 2.41. The molecule has 0 radical (unpaired) electrons. The van der Waals surface area contributed by atoms with Crippen LogP contribution in [0.1, 0.15) is 0 Å². The zero-order valence-corrected chi connectivity index (χ0v) is 11.3. The number of benzene rings is 2. The van der Waals surface area contributed by atoms with Crippen molar-refractivity contribution in [1.29, 1.82) is 0 Å². The van der Waals surface area contributed by atoms with Crippen molar-refractivity contribution >= 4 is 17.1 Å². The van der Waals surface area contributed by atoms with Crippen molar-refractivity contribution in [3.8, 4) is 17.3 Å². The molecule has 0 spiro atoms. The Kier molecular flexibility index (Phi) is 3.23. The Bertz CT molecular complexity index is 793. The number of nitrogens with zero attached hydrogens (tertiary/aromatic N) is 1. The second kappa shape index (κ2) is 5.20. The predicted molar refractivity (Wildman–Crippen MR) is 78.5 cm³/mol. The maximum Gasteiger partial charge on any atom is 0.512 e. The average molecular weight is 283 g/mol. The summed E-state index contributed by atoms with van der Waals surface area (Å²) >= 11 is 0. The molecule has 0 saturated heterocycles. The van der Waals surface area contributed by atoms with E-state index in [-0.39, 0.29) is 5.88 Å². The van der Waals surface area contributed by atoms with Crippen molar-refractivity contribution in [2.45, 2.75) is 0 Å². The smallest absolute Gasteiger partial charge is 0.497 e. The van der Waals surface area contributed by atoms with Crippen LogP contribution >= 0.6 is 0 Å². The maximum absolute atomic E-state index is 10.9. The van der Waals surface area contributed by atoms with Crippen molar-refractivity contribution < 1.29 is 19.4 Å². The highest BCUT2D eigenvalue weighted by Gasteiger charge is 2.14. The largest absolute Gasteiger partial charge is 0.512 e. The standard InChI is InChI=1S/C16H13NO4/c1-20-13-7-8-14-11(9-13)10-15(21-16(18)19)17(14)12-5-3-2-4-6-12/h2-10H,1H3,(H,18,19). The number of para-hydroxylation sites is 1. The Labute approximate surface area is 121 Å². The van der Waals surface area contributed by atoms with Crippen molar-refractivity contribution in [2.75, 3.05) is 7.11 Å². The van der Waals surface area contributed by atoms with Gasteiger partial charge in [0.1, 0.15) is 5.75 Å². The van der Waals surface area contributed by atoms with E-state index < -0.39 is 6.16 Å². The van der Waals surface area contributed by atoms with Crippen molar-refractivity contribution in [1.82, 2.24) is 4.57 Å². The Morgan fingerprint density at radius 1 is 1.10 bits per heavy atom. The van der Waals surface area contributed by atoms with Gasteiger partial charge in [-0.05, 0) is 30.3 Å². The van der Waals surface area contributed by atoms with Gasteiger partial charge < -0.3 is 14.6 Å². The molecule has 1 heterocycles. The van der Waals surface area contributed by atoms with Gasteiger partial charge in [0, 0.05) is 17.1 Å². The van der Waals surface area contributed by atoms with Crippen molar-refractivity contribution in [3.05, 3.63) is 54.6 Å². The van der Waals surface area contributed by atoms with Gasteiger partial charge >= 0.3 is 6.16 Å². The van der Waals surface area contributed by atoms with Gasteiger partial charge in [0.25, 0.3) is 0 Å². The zero-order valence-electron chi connectivity index (χ0n) is 11.3. The minimum atomic E-state index is -1.35. The Morgan fingerprint density at radius 3 is 2.52 bits per heavy atom. The summed E-state index contributed by atoms with van der Waals surface area (Å²) in [7, 11) is 1.59. The minimum absolute atomic E-state index is 0.247. The number of rotatable bonds is 3. The van der Waals surface area contributed by atoms with Crippen LogP contribution in [0.2, 0.25) is 0 Å². The Morgan fingerprint density at radius 2 is 1.86 bits per heavy atom. The summed E-state index contributed by atoms with van der Waals surface area (Å²) in [5.41, 5.74) is 1.67. The van der Waals surface area contributed by atoms with Gasteiger partial charge in [0.05, 0.1) is 12.6 Å². The Balaban J connectivity index is 2.25. The fourth-order valence-corrected chi connectivity index (χ4v) is 2.30. The molecule has 0 bridgehead atoms. The fraction of sp³-hybridized carbons (Fsp3) is 0.0625. The quantitative estimate of drug-likeness (QED) is 0.745. The second-order valence-electron chi connectivity index (χ2n) is 4.45. The lowest BCUT2D eigenvalue weighted by atomic mass is 10.2. The molecule has 5 nitrogen and oxygen atoms in total. The molecule has 1 N–H and O–H groups in total. The van der Waals surface area contributed by atoms with E-state index in [1.807, 2.05) is 48.5 Å². The normalized spacial score (nSPS) is 10.5. The van der Waals surface area contributed by atoms with E-state index in [2.05, 4.69) is 0 Å². The van der Waals surface area contributed by atoms with Gasteiger partial charge in [-0.25, -0.2) is 4.79 Å². The first kappa shape index (κ1) is 13.1. The summed E-state index contributed by atoms with van der Waals surface area (Å²) in [6.07, 6.45) is -1.35. The summed E-state index contributed by atoms with van der Waals surface area (Å²) in [5, 5.41) is 9.75. The van der Waals surface area contributed by atoms with E-state index in [4.69, 9.17) is 14.6 Å². The van der Waals surface area contributed by atoms with Crippen molar-refractivity contribution in [3.63, 3.8) is 0 Å². The molecule has 21 heavy (non-hydrogen) atoms. The number of aromatic nitrogens is 1. The topological polar surface area (TPSA) is 60.7 Å². The molecule has 0 aliphatic carbocycles. The van der Waals surface area contributed by atoms with Gasteiger partial charge in [-0.15, -0.1) is 0 Å². The number of fused-ring (bicyclic) bond motifs is 1. The summed E-state index contributed by atoms with van der Waals surface area (Å²) in [6, 6.07) is 16.7. The molecule has 1 aromatic heterocycles. The molecule has 0 unspecified atom stereocenters. The highest BCUT2D eigenvalue weighted by Crippen LogP contribution is 2.31. The molecule has 106 valence electrons. The van der Waals surface area contributed by atoms with Crippen LogP contribution in [-0.4, -0.2) is 22.9 Å². The summed E-state index contributed by atoms with van der Waals surface area (Å²) in [6.45, 7) is 0. The molecule has 0 aliphatic heterocycles. The van der Waals surface area contributed by atoms with Crippen molar-refractivity contribution in [2.24, 2.45) is 0 Å². The fourth-order valence-electron chi connectivity index (χ4n) is 2.30. The van der Waals surface area contributed by atoms with E-state index in [0.29, 0.717) is 5.75 Å². The van der Waals surface area contributed by atoms with Gasteiger partial charge in [-0.3, -0.25) is 4.57 Å². The molecule has 0 fully saturated rings. The van der Waals surface area contributed by atoms with Crippen LogP contribution in [0, 0.1) is 0 Å². The van der Waals surface area contributed by atoms with Gasteiger partial charge in [-0.2, -0.15) is 0 Å². The SMILES string of the molecule is COc1ccc2c(c1)cc(OC(=O)O)n2-c1ccccc1. The molecule has 5 heteroatoms. The van der Waals surface area contributed by atoms with Gasteiger partial charge in [-0.1, -0.05) is 18.2 Å². The van der Waals surface area contributed by atoms with Gasteiger partial charge in [0.2, 0.25) is 5.88 Å². The lowest BCUT2D eigenvalue weighted by Gasteiger charge is -2.09. The summed E-state index contributed by atoms with van der Waals surface area (Å²) < 4.78 is 11.8. The molecule has 2 aromatic carbocycles. The molecule has 0 saturated carbocycles. The van der Waals surface area contributed by atoms with Gasteiger partial charge in [0.15, 0.2) is 0 Å². The number of hydrogen-bond acceptors (Lipinski definition) is 3. The molecule has 3 aromatic rings. The number of hydrogen-bond donors (Lipinski definition) is 1. The lowest BCUT2D eigenvalue weighted by molar-refractivity contribution is 0.142. The van der Waals surface area contributed by atoms with E-state index >= 15 is 0 Å². The minimum Gasteiger partial charge on any atom is -0.497 e. The molecule has 0 amide bonds. The van der Waals surface area contributed by atoms with Crippen LogP contribution in [0.5, 0.6) is 11.6 Å². The van der Waals surface area contributed by atoms with Crippen LogP contribution < -0.4 is 9.47 Å². The van der Waals surface area contributed by atoms with Crippen LogP contribution in [0.15, 0.2) is 54.6 Å². The first-order valence-electron chi connectivity index (χ1n) is 6.35. The predicted octanol–water partition coefficient (Wildman–Crippen LogP) is 3.70. The second-order valence-corrected chi connectivity index (χ2v) is 4.45. The van der Waals surface area contributed by atoms with E-state index in [1.165, 1.54) is 0 Å². The number of carboxylic acid groups (broad SMARTS) is 1. The highest BCUT2D eigenvalue weighted by atomic mass is 16.7. The first-order valence-corrected chi connectivity index (χ1v) is 6.35. The molecule has 0 aliphatic rings. The van der Waals surface area contributed by atoms with Crippen LogP contribution in [0.3, 0.4) is 0 Å². The van der Waals surface area contributed by atoms with E-state index in [1.54, 1.807) is 17.7 Å².